The summed E-state index contributed by atoms with van der Waals surface area (Å²) in [6.45, 7) is -1.13. The minimum absolute atomic E-state index is 0.0258. The van der Waals surface area contributed by atoms with Crippen LogP contribution in [0.5, 0.6) is 11.5 Å². The van der Waals surface area contributed by atoms with E-state index in [1.165, 1.54) is 42.0 Å². The van der Waals surface area contributed by atoms with Crippen molar-refractivity contribution < 1.29 is 41.4 Å². The van der Waals surface area contributed by atoms with E-state index in [1.807, 2.05) is 0 Å². The van der Waals surface area contributed by atoms with E-state index < -0.39 is 36.1 Å². The summed E-state index contributed by atoms with van der Waals surface area (Å²) in [6.07, 6.45) is 2.33. The lowest BCUT2D eigenvalue weighted by Gasteiger charge is -2.22. The fraction of sp³-hybridized carbons (Fsp3) is 0.394. The Bertz CT molecular complexity index is 1600. The van der Waals surface area contributed by atoms with Crippen molar-refractivity contribution in [3.63, 3.8) is 0 Å². The standard InChI is InChI=1S/C33H34F4N4O5/c1-19(42)41-17-23(21-9-11-29(46-33(36)37)30(13-21)45-18-20-6-7-20)12-28(41)31(43)38-15-25-4-3-5-27(39-25)32(44)40(2)16-22-8-10-24(34)14-26(22)35/h3-5,8-11,13-14,20,23,28,33H,6-7,12,15-18H2,1-2H3,(H,38,43)/t23?,28-/m1/s1. The third-order valence-corrected chi connectivity index (χ3v) is 8.07. The first kappa shape index (κ1) is 32.7. The van der Waals surface area contributed by atoms with Crippen molar-refractivity contribution in [3.05, 3.63) is 88.7 Å². The number of alkyl halides is 2. The lowest BCUT2D eigenvalue weighted by Crippen LogP contribution is -2.45. The molecule has 2 heterocycles. The van der Waals surface area contributed by atoms with E-state index in [-0.39, 0.29) is 54.2 Å². The number of hydrogen-bond donors (Lipinski definition) is 1. The maximum Gasteiger partial charge on any atom is 0.387 e. The van der Waals surface area contributed by atoms with Crippen LogP contribution in [0.3, 0.4) is 0 Å². The maximum atomic E-state index is 14.1. The molecule has 2 fully saturated rings. The normalized spacial score (nSPS) is 17.6. The van der Waals surface area contributed by atoms with E-state index in [0.29, 0.717) is 24.6 Å². The molecule has 13 heteroatoms. The first-order chi connectivity index (χ1) is 22.0. The second kappa shape index (κ2) is 14.2. The van der Waals surface area contributed by atoms with Gasteiger partial charge in [-0.15, -0.1) is 0 Å². The van der Waals surface area contributed by atoms with Crippen LogP contribution in [-0.2, 0) is 22.7 Å². The molecule has 1 aromatic heterocycles. The fourth-order valence-electron chi connectivity index (χ4n) is 5.42. The number of likely N-dealkylation sites (tertiary alicyclic amines) is 1. The lowest BCUT2D eigenvalue weighted by atomic mass is 9.95. The summed E-state index contributed by atoms with van der Waals surface area (Å²) in [6, 6.07) is 11.7. The average molecular weight is 643 g/mol. The van der Waals surface area contributed by atoms with Crippen molar-refractivity contribution in [2.75, 3.05) is 20.2 Å². The molecular formula is C33H34F4N4O5. The second-order valence-electron chi connectivity index (χ2n) is 11.6. The van der Waals surface area contributed by atoms with Gasteiger partial charge in [0.15, 0.2) is 11.5 Å². The third-order valence-electron chi connectivity index (χ3n) is 8.07. The van der Waals surface area contributed by atoms with E-state index in [4.69, 9.17) is 4.74 Å². The number of amides is 3. The number of rotatable bonds is 12. The van der Waals surface area contributed by atoms with Gasteiger partial charge < -0.3 is 24.6 Å². The SMILES string of the molecule is CC(=O)N1CC(c2ccc(OC(F)F)c(OCC3CC3)c2)C[C@@H]1C(=O)NCc1cccc(C(=O)N(C)Cc2ccc(F)cc2F)n1. The molecule has 5 rings (SSSR count). The van der Waals surface area contributed by atoms with Crippen LogP contribution in [0, 0.1) is 17.6 Å². The number of carbonyl (C=O) groups excluding carboxylic acids is 3. The molecule has 9 nitrogen and oxygen atoms in total. The Morgan fingerprint density at radius 1 is 1.07 bits per heavy atom. The average Bonchev–Trinajstić information content (AvgIpc) is 3.74. The van der Waals surface area contributed by atoms with Gasteiger partial charge in [-0.05, 0) is 61.1 Å². The van der Waals surface area contributed by atoms with Crippen LogP contribution in [0.2, 0.25) is 0 Å². The zero-order valence-electron chi connectivity index (χ0n) is 25.4. The molecule has 3 amide bonds. The predicted octanol–water partition coefficient (Wildman–Crippen LogP) is 5.04. The maximum absolute atomic E-state index is 14.1. The number of carbonyl (C=O) groups is 3. The van der Waals surface area contributed by atoms with E-state index >= 15 is 0 Å². The van der Waals surface area contributed by atoms with Gasteiger partial charge in [0.2, 0.25) is 11.8 Å². The predicted molar refractivity (Wildman–Crippen MR) is 158 cm³/mol. The molecule has 1 aliphatic carbocycles. The van der Waals surface area contributed by atoms with Crippen LogP contribution in [0.15, 0.2) is 54.6 Å². The van der Waals surface area contributed by atoms with Gasteiger partial charge in [-0.1, -0.05) is 18.2 Å². The number of nitrogens with one attached hydrogen (secondary N) is 1. The highest BCUT2D eigenvalue weighted by Gasteiger charge is 2.39. The Morgan fingerprint density at radius 2 is 1.85 bits per heavy atom. The Balaban J connectivity index is 1.23. The molecule has 46 heavy (non-hydrogen) atoms. The highest BCUT2D eigenvalue weighted by atomic mass is 19.3. The van der Waals surface area contributed by atoms with Crippen molar-refractivity contribution in [1.29, 1.82) is 0 Å². The largest absolute Gasteiger partial charge is 0.489 e. The molecule has 0 spiro atoms. The molecule has 3 aromatic rings. The zero-order chi connectivity index (χ0) is 33.0. The molecule has 0 bridgehead atoms. The molecule has 1 saturated heterocycles. The molecule has 1 N–H and O–H groups in total. The van der Waals surface area contributed by atoms with Gasteiger partial charge in [-0.2, -0.15) is 8.78 Å². The summed E-state index contributed by atoms with van der Waals surface area (Å²) in [5.41, 5.74) is 1.33. The summed E-state index contributed by atoms with van der Waals surface area (Å²) in [4.78, 5) is 45.9. The minimum Gasteiger partial charge on any atom is -0.489 e. The number of aromatic nitrogens is 1. The number of halogens is 4. The van der Waals surface area contributed by atoms with E-state index in [0.717, 1.165) is 30.5 Å². The molecule has 2 atom stereocenters. The van der Waals surface area contributed by atoms with Crippen LogP contribution in [0.4, 0.5) is 17.6 Å². The van der Waals surface area contributed by atoms with Crippen molar-refractivity contribution in [2.45, 2.75) is 57.8 Å². The van der Waals surface area contributed by atoms with E-state index in [9.17, 15) is 31.9 Å². The third kappa shape index (κ3) is 8.12. The molecule has 244 valence electrons. The molecule has 1 aliphatic heterocycles. The van der Waals surface area contributed by atoms with Gasteiger partial charge in [0.05, 0.1) is 18.8 Å². The summed E-state index contributed by atoms with van der Waals surface area (Å²) < 4.78 is 63.7. The summed E-state index contributed by atoms with van der Waals surface area (Å²) in [5, 5.41) is 2.79. The number of pyridine rings is 1. The minimum atomic E-state index is -3.01. The number of ether oxygens (including phenoxy) is 2. The van der Waals surface area contributed by atoms with Gasteiger partial charge in [0, 0.05) is 44.6 Å². The molecular weight excluding hydrogens is 608 g/mol. The Kier molecular flexibility index (Phi) is 10.1. The van der Waals surface area contributed by atoms with Crippen molar-refractivity contribution >= 4 is 17.7 Å². The molecule has 1 saturated carbocycles. The molecule has 0 radical (unpaired) electrons. The van der Waals surface area contributed by atoms with E-state index in [2.05, 4.69) is 15.0 Å². The summed E-state index contributed by atoms with van der Waals surface area (Å²) in [7, 11) is 1.47. The van der Waals surface area contributed by atoms with Gasteiger partial charge in [-0.3, -0.25) is 14.4 Å². The quantitative estimate of drug-likeness (QED) is 0.278. The summed E-state index contributed by atoms with van der Waals surface area (Å²) in [5.74, 6) is -2.44. The number of nitrogens with zero attached hydrogens (tertiary/aromatic N) is 3. The Morgan fingerprint density at radius 3 is 2.54 bits per heavy atom. The molecule has 2 aromatic carbocycles. The lowest BCUT2D eigenvalue weighted by molar-refractivity contribution is -0.136. The zero-order valence-corrected chi connectivity index (χ0v) is 25.4. The highest BCUT2D eigenvalue weighted by molar-refractivity contribution is 5.92. The van der Waals surface area contributed by atoms with Gasteiger partial charge >= 0.3 is 6.61 Å². The molecule has 2 aliphatic rings. The number of benzene rings is 2. The molecule has 1 unspecified atom stereocenters. The number of hydrogen-bond acceptors (Lipinski definition) is 6. The Labute approximate surface area is 263 Å². The first-order valence-corrected chi connectivity index (χ1v) is 14.9. The highest BCUT2D eigenvalue weighted by Crippen LogP contribution is 2.39. The van der Waals surface area contributed by atoms with Crippen molar-refractivity contribution in [2.24, 2.45) is 5.92 Å². The van der Waals surface area contributed by atoms with Crippen LogP contribution >= 0.6 is 0 Å². The van der Waals surface area contributed by atoms with Gasteiger partial charge in [-0.25, -0.2) is 13.8 Å². The van der Waals surface area contributed by atoms with Crippen LogP contribution in [-0.4, -0.2) is 65.4 Å². The second-order valence-corrected chi connectivity index (χ2v) is 11.6. The van der Waals surface area contributed by atoms with Gasteiger partial charge in [0.1, 0.15) is 23.4 Å². The van der Waals surface area contributed by atoms with Crippen molar-refractivity contribution in [3.8, 4) is 11.5 Å². The topological polar surface area (TPSA) is 101 Å². The Hall–Kier alpha value is -4.68. The van der Waals surface area contributed by atoms with Crippen LogP contribution in [0.1, 0.15) is 59.4 Å². The van der Waals surface area contributed by atoms with Crippen LogP contribution in [0.25, 0.3) is 0 Å². The summed E-state index contributed by atoms with van der Waals surface area (Å²) >= 11 is 0. The van der Waals surface area contributed by atoms with E-state index in [1.54, 1.807) is 24.3 Å². The monoisotopic (exact) mass is 642 g/mol. The van der Waals surface area contributed by atoms with Crippen molar-refractivity contribution in [1.82, 2.24) is 20.1 Å². The smallest absolute Gasteiger partial charge is 0.387 e. The fourth-order valence-corrected chi connectivity index (χ4v) is 5.42. The van der Waals surface area contributed by atoms with Crippen LogP contribution < -0.4 is 14.8 Å². The first-order valence-electron chi connectivity index (χ1n) is 14.9. The van der Waals surface area contributed by atoms with Gasteiger partial charge in [0.25, 0.3) is 5.91 Å².